The summed E-state index contributed by atoms with van der Waals surface area (Å²) in [6.07, 6.45) is 11.5. The number of fused-ring (bicyclic) bond motifs is 8. The van der Waals surface area contributed by atoms with Crippen molar-refractivity contribution in [1.29, 1.82) is 0 Å². The average Bonchev–Trinajstić information content (AvgIpc) is 3.34. The second kappa shape index (κ2) is 3.80. The molecule has 6 aliphatic rings. The summed E-state index contributed by atoms with van der Waals surface area (Å²) in [5.41, 5.74) is 0.949. The van der Waals surface area contributed by atoms with Gasteiger partial charge in [0.05, 0.1) is 18.3 Å². The molecule has 4 aliphatic carbocycles. The van der Waals surface area contributed by atoms with E-state index in [2.05, 4.69) is 29.8 Å². The van der Waals surface area contributed by atoms with Gasteiger partial charge in [-0.3, -0.25) is 0 Å². The van der Waals surface area contributed by atoms with E-state index in [0.717, 1.165) is 23.7 Å². The molecule has 2 aliphatic heterocycles. The Hall–Kier alpha value is 0.400. The molecule has 0 N–H and O–H groups in total. The van der Waals surface area contributed by atoms with Gasteiger partial charge < -0.3 is 9.47 Å². The Morgan fingerprint density at radius 1 is 1.00 bits per heavy atom. The van der Waals surface area contributed by atoms with E-state index in [4.69, 9.17) is 9.47 Å². The summed E-state index contributed by atoms with van der Waals surface area (Å²) >= 11 is 3.99. The molecule has 0 bridgehead atoms. The highest BCUT2D eigenvalue weighted by molar-refractivity contribution is 9.10. The second-order valence-electron chi connectivity index (χ2n) is 9.75. The highest BCUT2D eigenvalue weighted by Crippen LogP contribution is 2.75. The van der Waals surface area contributed by atoms with Crippen molar-refractivity contribution in [2.75, 3.05) is 0 Å². The molecule has 0 amide bonds. The van der Waals surface area contributed by atoms with E-state index in [1.165, 1.54) is 44.9 Å². The molecule has 22 heavy (non-hydrogen) atoms. The maximum atomic E-state index is 6.04. The van der Waals surface area contributed by atoms with Gasteiger partial charge in [0, 0.05) is 5.41 Å². The van der Waals surface area contributed by atoms with Crippen molar-refractivity contribution in [2.45, 2.75) is 81.6 Å². The van der Waals surface area contributed by atoms with Gasteiger partial charge in [0.1, 0.15) is 0 Å². The molecule has 0 aromatic rings. The van der Waals surface area contributed by atoms with Crippen LogP contribution >= 0.6 is 15.9 Å². The van der Waals surface area contributed by atoms with Crippen LogP contribution in [0.25, 0.3) is 0 Å². The van der Waals surface area contributed by atoms with Gasteiger partial charge in [-0.1, -0.05) is 29.8 Å². The maximum Gasteiger partial charge on any atom is 0.154 e. The van der Waals surface area contributed by atoms with Gasteiger partial charge in [0.2, 0.25) is 0 Å². The Bertz CT molecular complexity index is 552. The van der Waals surface area contributed by atoms with Crippen molar-refractivity contribution in [3.63, 3.8) is 0 Å². The summed E-state index contributed by atoms with van der Waals surface area (Å²) < 4.78 is 12.0. The normalized spacial score (nSPS) is 70.8. The van der Waals surface area contributed by atoms with E-state index in [1.54, 1.807) is 0 Å². The van der Waals surface area contributed by atoms with Crippen LogP contribution in [0.5, 0.6) is 0 Å². The zero-order valence-corrected chi connectivity index (χ0v) is 15.3. The van der Waals surface area contributed by atoms with E-state index in [0.29, 0.717) is 29.1 Å². The third-order valence-electron chi connectivity index (χ3n) is 9.22. The van der Waals surface area contributed by atoms with Crippen LogP contribution in [-0.4, -0.2) is 22.8 Å². The molecule has 0 spiro atoms. The summed E-state index contributed by atoms with van der Waals surface area (Å²) in [6.45, 7) is 5.15. The minimum Gasteiger partial charge on any atom is -0.370 e. The van der Waals surface area contributed by atoms with E-state index in [1.807, 2.05) is 0 Å². The highest BCUT2D eigenvalue weighted by Gasteiger charge is 2.76. The first-order valence-electron chi connectivity index (χ1n) is 9.48. The molecule has 10 atom stereocenters. The third kappa shape index (κ3) is 1.39. The first-order valence-corrected chi connectivity index (χ1v) is 10.3. The number of rotatable bonds is 0. The summed E-state index contributed by atoms with van der Waals surface area (Å²) in [5, 5.41) is 0. The zero-order valence-electron chi connectivity index (χ0n) is 13.7. The van der Waals surface area contributed by atoms with Crippen molar-refractivity contribution in [3.05, 3.63) is 0 Å². The smallest absolute Gasteiger partial charge is 0.154 e. The van der Waals surface area contributed by atoms with Crippen molar-refractivity contribution in [1.82, 2.24) is 0 Å². The molecule has 0 aromatic carbocycles. The number of halogens is 1. The molecule has 6 fully saturated rings. The van der Waals surface area contributed by atoms with Gasteiger partial charge in [-0.05, 0) is 74.0 Å². The van der Waals surface area contributed by atoms with Crippen molar-refractivity contribution < 1.29 is 9.47 Å². The molecule has 2 saturated heterocycles. The van der Waals surface area contributed by atoms with Crippen LogP contribution in [0.3, 0.4) is 0 Å². The number of epoxide rings is 2. The molecule has 2 nitrogen and oxygen atoms in total. The fourth-order valence-corrected chi connectivity index (χ4v) is 8.71. The molecule has 0 radical (unpaired) electrons. The minimum absolute atomic E-state index is 0.0463. The number of alkyl halides is 1. The lowest BCUT2D eigenvalue weighted by Gasteiger charge is -2.60. The summed E-state index contributed by atoms with van der Waals surface area (Å²) in [7, 11) is 0. The van der Waals surface area contributed by atoms with Gasteiger partial charge in [-0.25, -0.2) is 0 Å². The van der Waals surface area contributed by atoms with Crippen LogP contribution in [0.2, 0.25) is 0 Å². The van der Waals surface area contributed by atoms with Crippen molar-refractivity contribution in [2.24, 2.45) is 34.5 Å². The van der Waals surface area contributed by atoms with Gasteiger partial charge in [0.15, 0.2) is 4.51 Å². The molecule has 0 aromatic heterocycles. The van der Waals surface area contributed by atoms with Gasteiger partial charge in [-0.15, -0.1) is 0 Å². The predicted octanol–water partition coefficient (Wildman–Crippen LogP) is 4.51. The fraction of sp³-hybridized carbons (Fsp3) is 1.00. The summed E-state index contributed by atoms with van der Waals surface area (Å²) in [6, 6.07) is 0. The molecular formula is C19H27BrO2. The van der Waals surface area contributed by atoms with Crippen LogP contribution in [0.1, 0.15) is 58.8 Å². The number of hydrogen-bond donors (Lipinski definition) is 0. The monoisotopic (exact) mass is 366 g/mol. The Kier molecular flexibility index (Phi) is 2.36. The van der Waals surface area contributed by atoms with E-state index >= 15 is 0 Å². The second-order valence-corrected chi connectivity index (χ2v) is 10.9. The van der Waals surface area contributed by atoms with Crippen LogP contribution in [0.15, 0.2) is 0 Å². The standard InChI is InChI=1S/C19H27BrO2/c1-17-9-15-14(21-15)7-10(17)3-4-11-12(17)5-6-18(2)13(11)8-16-19(18,20)22-16/h10-16H,3-9H2,1-2H3/t10?,11?,12?,13?,14?,15?,16?,17-,18-,19+/m0/s1. The maximum absolute atomic E-state index is 6.04. The van der Waals surface area contributed by atoms with Crippen molar-refractivity contribution in [3.8, 4) is 0 Å². The lowest BCUT2D eigenvalue weighted by atomic mass is 9.45. The van der Waals surface area contributed by atoms with Crippen LogP contribution in [0, 0.1) is 34.5 Å². The average molecular weight is 367 g/mol. The van der Waals surface area contributed by atoms with Gasteiger partial charge in [0.25, 0.3) is 0 Å². The van der Waals surface area contributed by atoms with E-state index < -0.39 is 0 Å². The summed E-state index contributed by atoms with van der Waals surface area (Å²) in [4.78, 5) is 0. The Morgan fingerprint density at radius 2 is 1.86 bits per heavy atom. The van der Waals surface area contributed by atoms with Gasteiger partial charge >= 0.3 is 0 Å². The fourth-order valence-electron chi connectivity index (χ4n) is 7.80. The SMILES string of the molecule is C[C@]12CC3OC3CC1CCC1C2CC[C@@]2(C)C1CC1O[C@]12Br. The molecule has 7 unspecified atom stereocenters. The topological polar surface area (TPSA) is 25.1 Å². The number of hydrogen-bond acceptors (Lipinski definition) is 2. The predicted molar refractivity (Wildman–Crippen MR) is 87.7 cm³/mol. The molecular weight excluding hydrogens is 340 g/mol. The Balaban J connectivity index is 1.36. The number of ether oxygens (including phenoxy) is 2. The van der Waals surface area contributed by atoms with E-state index in [9.17, 15) is 0 Å². The largest absolute Gasteiger partial charge is 0.370 e. The molecule has 4 saturated carbocycles. The Morgan fingerprint density at radius 3 is 2.73 bits per heavy atom. The summed E-state index contributed by atoms with van der Waals surface area (Å²) in [5.74, 6) is 3.72. The highest BCUT2D eigenvalue weighted by atomic mass is 79.9. The molecule has 2 heterocycles. The van der Waals surface area contributed by atoms with Crippen LogP contribution < -0.4 is 0 Å². The van der Waals surface area contributed by atoms with Crippen LogP contribution in [0.4, 0.5) is 0 Å². The lowest BCUT2D eigenvalue weighted by molar-refractivity contribution is -0.116. The third-order valence-corrected chi connectivity index (χ3v) is 10.8. The van der Waals surface area contributed by atoms with Crippen LogP contribution in [-0.2, 0) is 9.47 Å². The first-order chi connectivity index (χ1) is 10.5. The molecule has 3 heteroatoms. The quantitative estimate of drug-likeness (QED) is 0.465. The van der Waals surface area contributed by atoms with E-state index in [-0.39, 0.29) is 4.51 Å². The van der Waals surface area contributed by atoms with Gasteiger partial charge in [-0.2, -0.15) is 0 Å². The molecule has 6 rings (SSSR count). The molecule has 122 valence electrons. The Labute approximate surface area is 141 Å². The van der Waals surface area contributed by atoms with Crippen molar-refractivity contribution >= 4 is 15.9 Å². The minimum atomic E-state index is 0.0463. The zero-order chi connectivity index (χ0) is 14.9. The first kappa shape index (κ1) is 13.7. The lowest BCUT2D eigenvalue weighted by Crippen LogP contribution is -2.54.